The molecule has 2 rings (SSSR count). The van der Waals surface area contributed by atoms with Gasteiger partial charge in [-0.25, -0.2) is 4.39 Å². The molecule has 0 amide bonds. The molecule has 1 heterocycles. The number of ether oxygens (including phenoxy) is 1. The average molecular weight is 255 g/mol. The summed E-state index contributed by atoms with van der Waals surface area (Å²) in [5.41, 5.74) is 6.47. The maximum absolute atomic E-state index is 13.4. The first kappa shape index (κ1) is 12.9. The molecule has 1 aliphatic rings. The molecule has 1 fully saturated rings. The monoisotopic (exact) mass is 255 g/mol. The fourth-order valence-corrected chi connectivity index (χ4v) is 3.28. The predicted molar refractivity (Wildman–Crippen MR) is 68.8 cm³/mol. The van der Waals surface area contributed by atoms with E-state index in [0.29, 0.717) is 11.8 Å². The molecule has 0 spiro atoms. The van der Waals surface area contributed by atoms with Gasteiger partial charge in [0.2, 0.25) is 0 Å². The zero-order chi connectivity index (χ0) is 12.3. The number of thioether (sulfide) groups is 1. The molecule has 0 bridgehead atoms. The quantitative estimate of drug-likeness (QED) is 0.898. The van der Waals surface area contributed by atoms with Crippen LogP contribution in [-0.2, 0) is 11.2 Å². The van der Waals surface area contributed by atoms with Gasteiger partial charge >= 0.3 is 0 Å². The van der Waals surface area contributed by atoms with Crippen LogP contribution < -0.4 is 5.73 Å². The minimum atomic E-state index is -0.176. The summed E-state index contributed by atoms with van der Waals surface area (Å²) < 4.78 is 18.9. The zero-order valence-electron chi connectivity index (χ0n) is 9.99. The first-order valence-corrected chi connectivity index (χ1v) is 6.85. The SMILES string of the molecule is CC1OCCC1Sc1cc(F)cc(CCN)c1. The summed E-state index contributed by atoms with van der Waals surface area (Å²) in [5.74, 6) is -0.176. The van der Waals surface area contributed by atoms with Crippen molar-refractivity contribution in [1.82, 2.24) is 0 Å². The lowest BCUT2D eigenvalue weighted by atomic mass is 10.1. The van der Waals surface area contributed by atoms with E-state index in [1.807, 2.05) is 6.07 Å². The van der Waals surface area contributed by atoms with Gasteiger partial charge in [0.05, 0.1) is 6.10 Å². The maximum Gasteiger partial charge on any atom is 0.124 e. The van der Waals surface area contributed by atoms with Crippen molar-refractivity contribution in [1.29, 1.82) is 0 Å². The molecule has 2 N–H and O–H groups in total. The predicted octanol–water partition coefficient (Wildman–Crippen LogP) is 2.60. The van der Waals surface area contributed by atoms with Gasteiger partial charge < -0.3 is 10.5 Å². The van der Waals surface area contributed by atoms with Gasteiger partial charge in [-0.05, 0) is 50.1 Å². The highest BCUT2D eigenvalue weighted by Crippen LogP contribution is 2.33. The fourth-order valence-electron chi connectivity index (χ4n) is 2.04. The van der Waals surface area contributed by atoms with Crippen LogP contribution in [0.25, 0.3) is 0 Å². The molecule has 17 heavy (non-hydrogen) atoms. The molecule has 1 aromatic rings. The van der Waals surface area contributed by atoms with Crippen LogP contribution in [0.5, 0.6) is 0 Å². The van der Waals surface area contributed by atoms with Gasteiger partial charge in [0, 0.05) is 16.8 Å². The summed E-state index contributed by atoms with van der Waals surface area (Å²) in [6, 6.07) is 5.19. The van der Waals surface area contributed by atoms with Crippen LogP contribution in [0.15, 0.2) is 23.1 Å². The molecular weight excluding hydrogens is 237 g/mol. The van der Waals surface area contributed by atoms with Crippen molar-refractivity contribution in [3.63, 3.8) is 0 Å². The summed E-state index contributed by atoms with van der Waals surface area (Å²) in [5, 5.41) is 0.433. The van der Waals surface area contributed by atoms with E-state index in [4.69, 9.17) is 10.5 Å². The number of hydrogen-bond acceptors (Lipinski definition) is 3. The largest absolute Gasteiger partial charge is 0.377 e. The second kappa shape index (κ2) is 5.85. The second-order valence-electron chi connectivity index (χ2n) is 4.35. The van der Waals surface area contributed by atoms with Crippen molar-refractivity contribution >= 4 is 11.8 Å². The van der Waals surface area contributed by atoms with Crippen LogP contribution in [0.3, 0.4) is 0 Å². The molecule has 2 nitrogen and oxygen atoms in total. The fraction of sp³-hybridized carbons (Fsp3) is 0.538. The normalized spacial score (nSPS) is 24.2. The van der Waals surface area contributed by atoms with Gasteiger partial charge in [-0.3, -0.25) is 0 Å². The van der Waals surface area contributed by atoms with Crippen molar-refractivity contribution in [2.24, 2.45) is 5.73 Å². The van der Waals surface area contributed by atoms with Crippen LogP contribution in [0, 0.1) is 5.82 Å². The highest BCUT2D eigenvalue weighted by atomic mass is 32.2. The molecule has 2 unspecified atom stereocenters. The van der Waals surface area contributed by atoms with Crippen molar-refractivity contribution in [2.75, 3.05) is 13.2 Å². The van der Waals surface area contributed by atoms with Gasteiger partial charge in [0.1, 0.15) is 5.82 Å². The van der Waals surface area contributed by atoms with Crippen LogP contribution in [0.1, 0.15) is 18.9 Å². The van der Waals surface area contributed by atoms with Gasteiger partial charge in [-0.1, -0.05) is 0 Å². The minimum absolute atomic E-state index is 0.176. The van der Waals surface area contributed by atoms with E-state index in [0.717, 1.165) is 29.9 Å². The summed E-state index contributed by atoms with van der Waals surface area (Å²) in [7, 11) is 0. The van der Waals surface area contributed by atoms with Crippen molar-refractivity contribution in [3.8, 4) is 0 Å². The molecule has 94 valence electrons. The van der Waals surface area contributed by atoms with E-state index in [2.05, 4.69) is 6.92 Å². The number of rotatable bonds is 4. The Morgan fingerprint density at radius 1 is 1.47 bits per heavy atom. The summed E-state index contributed by atoms with van der Waals surface area (Å²) in [6.07, 6.45) is 2.01. The van der Waals surface area contributed by atoms with Gasteiger partial charge in [0.15, 0.2) is 0 Å². The lowest BCUT2D eigenvalue weighted by Crippen LogP contribution is -2.13. The first-order chi connectivity index (χ1) is 8.19. The van der Waals surface area contributed by atoms with Crippen LogP contribution >= 0.6 is 11.8 Å². The number of benzene rings is 1. The third-order valence-corrected chi connectivity index (χ3v) is 4.39. The van der Waals surface area contributed by atoms with Crippen LogP contribution in [0.2, 0.25) is 0 Å². The Morgan fingerprint density at radius 2 is 2.29 bits per heavy atom. The van der Waals surface area contributed by atoms with E-state index in [1.165, 1.54) is 0 Å². The lowest BCUT2D eigenvalue weighted by molar-refractivity contribution is 0.127. The molecule has 0 radical (unpaired) electrons. The van der Waals surface area contributed by atoms with Gasteiger partial charge in [0.25, 0.3) is 0 Å². The Balaban J connectivity index is 2.09. The summed E-state index contributed by atoms with van der Waals surface area (Å²) in [4.78, 5) is 0.982. The first-order valence-electron chi connectivity index (χ1n) is 5.97. The van der Waals surface area contributed by atoms with Crippen LogP contribution in [0.4, 0.5) is 4.39 Å². The van der Waals surface area contributed by atoms with Gasteiger partial charge in [-0.2, -0.15) is 0 Å². The molecule has 0 aromatic heterocycles. The zero-order valence-corrected chi connectivity index (χ0v) is 10.8. The smallest absolute Gasteiger partial charge is 0.124 e. The van der Waals surface area contributed by atoms with Crippen molar-refractivity contribution in [2.45, 2.75) is 36.0 Å². The topological polar surface area (TPSA) is 35.2 Å². The summed E-state index contributed by atoms with van der Waals surface area (Å²) in [6.45, 7) is 3.44. The summed E-state index contributed by atoms with van der Waals surface area (Å²) >= 11 is 1.71. The molecule has 0 aliphatic carbocycles. The van der Waals surface area contributed by atoms with Crippen molar-refractivity contribution < 1.29 is 9.13 Å². The third-order valence-electron chi connectivity index (χ3n) is 2.96. The third kappa shape index (κ3) is 3.44. The lowest BCUT2D eigenvalue weighted by Gasteiger charge is -2.14. The van der Waals surface area contributed by atoms with E-state index >= 15 is 0 Å². The minimum Gasteiger partial charge on any atom is -0.377 e. The number of hydrogen-bond donors (Lipinski definition) is 1. The Morgan fingerprint density at radius 3 is 2.94 bits per heavy atom. The molecular formula is C13H18FNOS. The molecule has 1 saturated heterocycles. The van der Waals surface area contributed by atoms with E-state index in [-0.39, 0.29) is 11.9 Å². The number of halogens is 1. The molecule has 0 saturated carbocycles. The Bertz CT molecular complexity index is 386. The van der Waals surface area contributed by atoms with E-state index in [1.54, 1.807) is 23.9 Å². The molecule has 1 aliphatic heterocycles. The maximum atomic E-state index is 13.4. The molecule has 4 heteroatoms. The Hall–Kier alpha value is -0.580. The van der Waals surface area contributed by atoms with E-state index in [9.17, 15) is 4.39 Å². The van der Waals surface area contributed by atoms with Crippen molar-refractivity contribution in [3.05, 3.63) is 29.6 Å². The van der Waals surface area contributed by atoms with E-state index < -0.39 is 0 Å². The Kier molecular flexibility index (Phi) is 4.42. The van der Waals surface area contributed by atoms with Gasteiger partial charge in [-0.15, -0.1) is 11.8 Å². The number of nitrogens with two attached hydrogens (primary N) is 1. The molecule has 2 atom stereocenters. The standard InChI is InChI=1S/C13H18FNOS/c1-9-13(3-5-16-9)17-12-7-10(2-4-15)6-11(14)8-12/h6-9,13H,2-5,15H2,1H3. The van der Waals surface area contributed by atoms with Crippen LogP contribution in [-0.4, -0.2) is 24.5 Å². The highest BCUT2D eigenvalue weighted by molar-refractivity contribution is 8.00. The highest BCUT2D eigenvalue weighted by Gasteiger charge is 2.25. The average Bonchev–Trinajstić information content (AvgIpc) is 2.64. The Labute approximate surface area is 106 Å². The second-order valence-corrected chi connectivity index (χ2v) is 5.67. The molecule has 1 aromatic carbocycles.